The Morgan fingerprint density at radius 1 is 1.15 bits per heavy atom. The molecule has 0 spiro atoms. The summed E-state index contributed by atoms with van der Waals surface area (Å²) in [4.78, 5) is 20.3. The Balaban J connectivity index is 1.42. The molecule has 1 amide bonds. The van der Waals surface area contributed by atoms with Crippen LogP contribution in [-0.4, -0.2) is 35.2 Å². The fourth-order valence-electron chi connectivity index (χ4n) is 3.84. The first-order valence-electron chi connectivity index (χ1n) is 11.1. The highest BCUT2D eigenvalue weighted by molar-refractivity contribution is 7.99. The van der Waals surface area contributed by atoms with E-state index in [-0.39, 0.29) is 24.4 Å². The molecule has 0 unspecified atom stereocenters. The van der Waals surface area contributed by atoms with E-state index in [4.69, 9.17) is 0 Å². The van der Waals surface area contributed by atoms with Crippen molar-refractivity contribution in [3.8, 4) is 0 Å². The SMILES string of the molecule is Cc1ccc(Sc2ncccc2C(=O)NCc2ccc(N3CCC(O)CC3)c(F)c2)cc1C. The second kappa shape index (κ2) is 10.4. The Morgan fingerprint density at radius 2 is 1.94 bits per heavy atom. The molecule has 1 aromatic heterocycles. The van der Waals surface area contributed by atoms with Gasteiger partial charge in [0.2, 0.25) is 0 Å². The zero-order chi connectivity index (χ0) is 23.4. The van der Waals surface area contributed by atoms with E-state index >= 15 is 0 Å². The third kappa shape index (κ3) is 5.72. The summed E-state index contributed by atoms with van der Waals surface area (Å²) in [5, 5.41) is 13.2. The fourth-order valence-corrected chi connectivity index (χ4v) is 4.81. The lowest BCUT2D eigenvalue weighted by Crippen LogP contribution is -2.36. The number of nitrogens with one attached hydrogen (secondary N) is 1. The number of hydrogen-bond donors (Lipinski definition) is 2. The molecule has 0 saturated carbocycles. The van der Waals surface area contributed by atoms with Crippen molar-refractivity contribution in [1.29, 1.82) is 0 Å². The first-order valence-corrected chi connectivity index (χ1v) is 11.9. The number of piperidine rings is 1. The third-order valence-corrected chi connectivity index (χ3v) is 6.99. The number of hydrogen-bond acceptors (Lipinski definition) is 5. The number of aliphatic hydroxyl groups is 1. The van der Waals surface area contributed by atoms with Gasteiger partial charge in [0.1, 0.15) is 10.8 Å². The average Bonchev–Trinajstić information content (AvgIpc) is 2.81. The fraction of sp³-hybridized carbons (Fsp3) is 0.308. The maximum atomic E-state index is 14.7. The van der Waals surface area contributed by atoms with Gasteiger partial charge in [-0.05, 0) is 79.8 Å². The molecule has 2 aromatic carbocycles. The Hall–Kier alpha value is -2.90. The van der Waals surface area contributed by atoms with Crippen molar-refractivity contribution in [3.63, 3.8) is 0 Å². The molecule has 0 atom stereocenters. The van der Waals surface area contributed by atoms with Crippen LogP contribution in [0.1, 0.15) is 39.9 Å². The molecule has 0 aliphatic carbocycles. The van der Waals surface area contributed by atoms with Crippen molar-refractivity contribution in [2.45, 2.75) is 49.3 Å². The highest BCUT2D eigenvalue weighted by Gasteiger charge is 2.20. The van der Waals surface area contributed by atoms with Crippen LogP contribution in [0.25, 0.3) is 0 Å². The van der Waals surface area contributed by atoms with Gasteiger partial charge in [0.05, 0.1) is 17.4 Å². The van der Waals surface area contributed by atoms with E-state index in [0.717, 1.165) is 4.90 Å². The van der Waals surface area contributed by atoms with Crippen molar-refractivity contribution in [1.82, 2.24) is 10.3 Å². The number of rotatable bonds is 6. The van der Waals surface area contributed by atoms with Crippen LogP contribution in [0.2, 0.25) is 0 Å². The molecule has 3 aromatic rings. The molecule has 1 aliphatic rings. The summed E-state index contributed by atoms with van der Waals surface area (Å²) in [6.07, 6.45) is 2.66. The Labute approximate surface area is 198 Å². The van der Waals surface area contributed by atoms with E-state index in [0.29, 0.717) is 47.8 Å². The molecule has 7 heteroatoms. The van der Waals surface area contributed by atoms with Crippen LogP contribution < -0.4 is 10.2 Å². The summed E-state index contributed by atoms with van der Waals surface area (Å²) in [7, 11) is 0. The van der Waals surface area contributed by atoms with E-state index in [9.17, 15) is 14.3 Å². The molecule has 0 radical (unpaired) electrons. The largest absolute Gasteiger partial charge is 0.393 e. The normalized spacial score (nSPS) is 14.4. The number of benzene rings is 2. The second-order valence-corrected chi connectivity index (χ2v) is 9.45. The molecule has 33 heavy (non-hydrogen) atoms. The maximum Gasteiger partial charge on any atom is 0.254 e. The van der Waals surface area contributed by atoms with Crippen LogP contribution in [0.15, 0.2) is 64.6 Å². The number of carbonyl (C=O) groups is 1. The van der Waals surface area contributed by atoms with E-state index < -0.39 is 0 Å². The first-order chi connectivity index (χ1) is 15.9. The topological polar surface area (TPSA) is 65.5 Å². The zero-order valence-electron chi connectivity index (χ0n) is 18.8. The van der Waals surface area contributed by atoms with E-state index in [1.807, 2.05) is 17.0 Å². The maximum absolute atomic E-state index is 14.7. The minimum Gasteiger partial charge on any atom is -0.393 e. The van der Waals surface area contributed by atoms with E-state index in [1.54, 1.807) is 24.4 Å². The predicted molar refractivity (Wildman–Crippen MR) is 129 cm³/mol. The quantitative estimate of drug-likeness (QED) is 0.543. The van der Waals surface area contributed by atoms with Crippen molar-refractivity contribution in [3.05, 3.63) is 82.8 Å². The molecule has 2 N–H and O–H groups in total. The number of aromatic nitrogens is 1. The number of aliphatic hydroxyl groups excluding tert-OH is 1. The Kier molecular flexibility index (Phi) is 7.30. The Bertz CT molecular complexity index is 1150. The third-order valence-electron chi connectivity index (χ3n) is 5.98. The van der Waals surface area contributed by atoms with Gasteiger partial charge in [0.25, 0.3) is 5.91 Å². The summed E-state index contributed by atoms with van der Waals surface area (Å²) in [5.41, 5.74) is 4.12. The summed E-state index contributed by atoms with van der Waals surface area (Å²) >= 11 is 1.45. The van der Waals surface area contributed by atoms with Crippen molar-refractivity contribution < 1.29 is 14.3 Å². The molecule has 5 nitrogen and oxygen atoms in total. The van der Waals surface area contributed by atoms with Crippen molar-refractivity contribution in [2.24, 2.45) is 0 Å². The molecule has 172 valence electrons. The lowest BCUT2D eigenvalue weighted by atomic mass is 10.1. The highest BCUT2D eigenvalue weighted by atomic mass is 32.2. The molecular weight excluding hydrogens is 437 g/mol. The predicted octanol–water partition coefficient (Wildman–Crippen LogP) is 4.88. The molecule has 1 aliphatic heterocycles. The van der Waals surface area contributed by atoms with Gasteiger partial charge in [-0.3, -0.25) is 4.79 Å². The van der Waals surface area contributed by atoms with Crippen LogP contribution in [0.3, 0.4) is 0 Å². The molecular formula is C26H28FN3O2S. The van der Waals surface area contributed by atoms with Crippen molar-refractivity contribution >= 4 is 23.4 Å². The Morgan fingerprint density at radius 3 is 2.67 bits per heavy atom. The molecule has 1 fully saturated rings. The number of nitrogens with zero attached hydrogens (tertiary/aromatic N) is 2. The van der Waals surface area contributed by atoms with Gasteiger partial charge in [-0.25, -0.2) is 9.37 Å². The molecule has 1 saturated heterocycles. The standard InChI is InChI=1S/C26H28FN3O2S/c1-17-5-7-21(14-18(17)2)33-26-22(4-3-11-28-26)25(32)29-16-19-6-8-24(23(27)15-19)30-12-9-20(31)10-13-30/h3-8,11,14-15,20,31H,9-10,12-13,16H2,1-2H3,(H,29,32). The molecule has 2 heterocycles. The van der Waals surface area contributed by atoms with Gasteiger partial charge in [-0.1, -0.05) is 23.9 Å². The minimum atomic E-state index is -0.314. The summed E-state index contributed by atoms with van der Waals surface area (Å²) in [6.45, 7) is 5.61. The number of amides is 1. The molecule has 4 rings (SSSR count). The van der Waals surface area contributed by atoms with Crippen LogP contribution in [0.5, 0.6) is 0 Å². The van der Waals surface area contributed by atoms with Gasteiger partial charge in [-0.2, -0.15) is 0 Å². The lowest BCUT2D eigenvalue weighted by molar-refractivity contribution is 0.0947. The average molecular weight is 466 g/mol. The van der Waals surface area contributed by atoms with Gasteiger partial charge in [0, 0.05) is 30.7 Å². The highest BCUT2D eigenvalue weighted by Crippen LogP contribution is 2.30. The van der Waals surface area contributed by atoms with Crippen molar-refractivity contribution in [2.75, 3.05) is 18.0 Å². The van der Waals surface area contributed by atoms with Crippen LogP contribution in [0, 0.1) is 19.7 Å². The monoisotopic (exact) mass is 465 g/mol. The number of halogens is 1. The first kappa shape index (κ1) is 23.3. The van der Waals surface area contributed by atoms with Crippen LogP contribution >= 0.6 is 11.8 Å². The molecule has 0 bridgehead atoms. The minimum absolute atomic E-state index is 0.220. The summed E-state index contributed by atoms with van der Waals surface area (Å²) < 4.78 is 14.7. The summed E-state index contributed by atoms with van der Waals surface area (Å²) in [5.74, 6) is -0.561. The number of anilines is 1. The number of carbonyl (C=O) groups excluding carboxylic acids is 1. The van der Waals surface area contributed by atoms with Gasteiger partial charge < -0.3 is 15.3 Å². The second-order valence-electron chi connectivity index (χ2n) is 8.39. The number of aryl methyl sites for hydroxylation is 2. The van der Waals surface area contributed by atoms with Gasteiger partial charge in [0.15, 0.2) is 0 Å². The summed E-state index contributed by atoms with van der Waals surface area (Å²) in [6, 6.07) is 14.7. The van der Waals surface area contributed by atoms with Crippen LogP contribution in [0.4, 0.5) is 10.1 Å². The van der Waals surface area contributed by atoms with Gasteiger partial charge >= 0.3 is 0 Å². The zero-order valence-corrected chi connectivity index (χ0v) is 19.7. The van der Waals surface area contributed by atoms with Crippen LogP contribution in [-0.2, 0) is 6.54 Å². The van der Waals surface area contributed by atoms with E-state index in [1.165, 1.54) is 29.0 Å². The smallest absolute Gasteiger partial charge is 0.254 e. The number of pyridine rings is 1. The van der Waals surface area contributed by atoms with E-state index in [2.05, 4.69) is 36.3 Å². The lowest BCUT2D eigenvalue weighted by Gasteiger charge is -2.31. The van der Waals surface area contributed by atoms with Gasteiger partial charge in [-0.15, -0.1) is 0 Å².